The third kappa shape index (κ3) is 3.67. The molecule has 3 heterocycles. The topological polar surface area (TPSA) is 111 Å². The number of carbonyl (C=O) groups excluding carboxylic acids is 1. The third-order valence-electron chi connectivity index (χ3n) is 4.95. The average Bonchev–Trinajstić information content (AvgIpc) is 3.26. The molecule has 0 aliphatic carbocycles. The molecule has 0 saturated carbocycles. The van der Waals surface area contributed by atoms with Crippen LogP contribution in [0.3, 0.4) is 0 Å². The highest BCUT2D eigenvalue weighted by Crippen LogP contribution is 2.22. The first-order chi connectivity index (χ1) is 13.8. The van der Waals surface area contributed by atoms with Crippen LogP contribution in [0.2, 0.25) is 0 Å². The first-order valence-electron chi connectivity index (χ1n) is 9.42. The highest BCUT2D eigenvalue weighted by molar-refractivity contribution is 5.91. The van der Waals surface area contributed by atoms with E-state index in [0.29, 0.717) is 16.9 Å². The number of hydrogen-bond donors (Lipinski definition) is 1. The van der Waals surface area contributed by atoms with E-state index >= 15 is 0 Å². The molecular weight excluding hydrogens is 376 g/mol. The summed E-state index contributed by atoms with van der Waals surface area (Å²) < 4.78 is 8.67. The van der Waals surface area contributed by atoms with Crippen LogP contribution in [0.4, 0.5) is 0 Å². The molecule has 0 fully saturated rings. The molecule has 0 spiro atoms. The lowest BCUT2D eigenvalue weighted by molar-refractivity contribution is 0.0696. The summed E-state index contributed by atoms with van der Waals surface area (Å²) in [4.78, 5) is 42.3. The second kappa shape index (κ2) is 7.94. The van der Waals surface area contributed by atoms with Crippen LogP contribution >= 0.6 is 0 Å². The van der Waals surface area contributed by atoms with Gasteiger partial charge in [0, 0.05) is 26.3 Å². The van der Waals surface area contributed by atoms with Gasteiger partial charge < -0.3 is 14.4 Å². The number of carboxylic acids is 1. The van der Waals surface area contributed by atoms with Gasteiger partial charge in [-0.05, 0) is 31.0 Å². The maximum Gasteiger partial charge on any atom is 0.337 e. The number of aromatic nitrogens is 3. The fourth-order valence-electron chi connectivity index (χ4n) is 3.36. The van der Waals surface area contributed by atoms with Crippen molar-refractivity contribution in [3.8, 4) is 0 Å². The molecule has 9 heteroatoms. The van der Waals surface area contributed by atoms with Gasteiger partial charge in [-0.3, -0.25) is 13.9 Å². The van der Waals surface area contributed by atoms with E-state index in [1.165, 1.54) is 21.7 Å². The van der Waals surface area contributed by atoms with E-state index in [-0.39, 0.29) is 35.5 Å². The molecule has 0 atom stereocenters. The number of furan rings is 1. The summed E-state index contributed by atoms with van der Waals surface area (Å²) in [5.41, 5.74) is 0.556. The van der Waals surface area contributed by atoms with Crippen molar-refractivity contribution in [1.82, 2.24) is 19.0 Å². The molecule has 9 nitrogen and oxygen atoms in total. The van der Waals surface area contributed by atoms with E-state index in [1.54, 1.807) is 30.8 Å². The fraction of sp³-hybridized carbons (Fsp3) is 0.400. The molecule has 0 aliphatic heterocycles. The van der Waals surface area contributed by atoms with Crippen molar-refractivity contribution >= 4 is 23.0 Å². The molecule has 0 aromatic carbocycles. The number of amides is 1. The maximum atomic E-state index is 13.2. The van der Waals surface area contributed by atoms with Gasteiger partial charge in [-0.25, -0.2) is 14.6 Å². The molecule has 3 aromatic rings. The summed E-state index contributed by atoms with van der Waals surface area (Å²) in [6.45, 7) is 4.04. The zero-order valence-corrected chi connectivity index (χ0v) is 16.9. The summed E-state index contributed by atoms with van der Waals surface area (Å²) in [7, 11) is 3.24. The Hall–Kier alpha value is -3.36. The highest BCUT2D eigenvalue weighted by Gasteiger charge is 2.22. The fourth-order valence-corrected chi connectivity index (χ4v) is 3.36. The minimum atomic E-state index is -1.12. The zero-order valence-electron chi connectivity index (χ0n) is 16.9. The van der Waals surface area contributed by atoms with E-state index in [1.807, 2.05) is 13.8 Å². The minimum absolute atomic E-state index is 0.00383. The molecule has 0 radical (unpaired) electrons. The van der Waals surface area contributed by atoms with Gasteiger partial charge in [-0.15, -0.1) is 0 Å². The largest absolute Gasteiger partial charge is 0.478 e. The Morgan fingerprint density at radius 3 is 2.52 bits per heavy atom. The number of imidazole rings is 1. The second-order valence-electron chi connectivity index (χ2n) is 7.05. The van der Waals surface area contributed by atoms with E-state index in [4.69, 9.17) is 4.42 Å². The first kappa shape index (κ1) is 20.4. The van der Waals surface area contributed by atoms with E-state index in [9.17, 15) is 19.5 Å². The Morgan fingerprint density at radius 2 is 1.93 bits per heavy atom. The lowest BCUT2D eigenvalue weighted by atomic mass is 10.1. The molecule has 3 rings (SSSR count). The monoisotopic (exact) mass is 400 g/mol. The summed E-state index contributed by atoms with van der Waals surface area (Å²) in [5, 5.41) is 9.32. The SMILES string of the molecule is CCC(CC)n1c(=O)n(Cc2ccc(C(=O)N(C)C)o2)c2cc(C(=O)O)cnc21. The van der Waals surface area contributed by atoms with Crippen LogP contribution in [0.25, 0.3) is 11.2 Å². The Labute approximate surface area is 167 Å². The van der Waals surface area contributed by atoms with Gasteiger partial charge >= 0.3 is 11.7 Å². The first-order valence-corrected chi connectivity index (χ1v) is 9.42. The van der Waals surface area contributed by atoms with Crippen LogP contribution in [0.1, 0.15) is 59.4 Å². The average molecular weight is 400 g/mol. The zero-order chi connectivity index (χ0) is 21.3. The summed E-state index contributed by atoms with van der Waals surface area (Å²) in [6.07, 6.45) is 2.73. The summed E-state index contributed by atoms with van der Waals surface area (Å²) in [5.74, 6) is -0.809. The lowest BCUT2D eigenvalue weighted by Crippen LogP contribution is -2.27. The second-order valence-corrected chi connectivity index (χ2v) is 7.05. The molecule has 0 unspecified atom stereocenters. The maximum absolute atomic E-state index is 13.2. The molecule has 29 heavy (non-hydrogen) atoms. The molecule has 1 amide bonds. The van der Waals surface area contributed by atoms with Gasteiger partial charge in [0.1, 0.15) is 5.76 Å². The predicted octanol–water partition coefficient (Wildman–Crippen LogP) is 2.60. The van der Waals surface area contributed by atoms with Gasteiger partial charge in [0.25, 0.3) is 5.91 Å². The Kier molecular flexibility index (Phi) is 5.58. The number of hydrogen-bond acceptors (Lipinski definition) is 5. The summed E-state index contributed by atoms with van der Waals surface area (Å²) >= 11 is 0. The number of carboxylic acid groups (broad SMARTS) is 1. The predicted molar refractivity (Wildman–Crippen MR) is 106 cm³/mol. The quantitative estimate of drug-likeness (QED) is 0.653. The number of rotatable bonds is 7. The molecule has 0 aliphatic rings. The minimum Gasteiger partial charge on any atom is -0.478 e. The number of pyridine rings is 1. The molecule has 0 bridgehead atoms. The normalized spacial score (nSPS) is 11.3. The van der Waals surface area contributed by atoms with Gasteiger partial charge in [0.15, 0.2) is 11.4 Å². The van der Waals surface area contributed by atoms with Gasteiger partial charge in [-0.1, -0.05) is 13.8 Å². The third-order valence-corrected chi connectivity index (χ3v) is 4.95. The number of carbonyl (C=O) groups is 2. The van der Waals surface area contributed by atoms with E-state index in [0.717, 1.165) is 12.8 Å². The number of nitrogens with zero attached hydrogens (tertiary/aromatic N) is 4. The molecular formula is C20H24N4O5. The van der Waals surface area contributed by atoms with Crippen molar-refractivity contribution in [1.29, 1.82) is 0 Å². The van der Waals surface area contributed by atoms with Gasteiger partial charge in [0.05, 0.1) is 17.6 Å². The van der Waals surface area contributed by atoms with Crippen LogP contribution < -0.4 is 5.69 Å². The van der Waals surface area contributed by atoms with Gasteiger partial charge in [0.2, 0.25) is 0 Å². The Balaban J connectivity index is 2.14. The Bertz CT molecular complexity index is 1120. The lowest BCUT2D eigenvalue weighted by Gasteiger charge is -2.13. The van der Waals surface area contributed by atoms with Crippen molar-refractivity contribution in [2.45, 2.75) is 39.3 Å². The van der Waals surface area contributed by atoms with Crippen LogP contribution in [-0.4, -0.2) is 50.1 Å². The Morgan fingerprint density at radius 1 is 1.24 bits per heavy atom. The highest BCUT2D eigenvalue weighted by atomic mass is 16.4. The summed E-state index contributed by atoms with van der Waals surface area (Å²) in [6, 6.07) is 4.58. The van der Waals surface area contributed by atoms with Crippen LogP contribution in [0, 0.1) is 0 Å². The molecule has 1 N–H and O–H groups in total. The van der Waals surface area contributed by atoms with Crippen LogP contribution in [-0.2, 0) is 6.54 Å². The smallest absolute Gasteiger partial charge is 0.337 e. The van der Waals surface area contributed by atoms with Crippen molar-refractivity contribution in [2.75, 3.05) is 14.1 Å². The molecule has 3 aromatic heterocycles. The van der Waals surface area contributed by atoms with E-state index in [2.05, 4.69) is 4.98 Å². The van der Waals surface area contributed by atoms with Crippen molar-refractivity contribution < 1.29 is 19.1 Å². The number of fused-ring (bicyclic) bond motifs is 1. The van der Waals surface area contributed by atoms with Gasteiger partial charge in [-0.2, -0.15) is 0 Å². The van der Waals surface area contributed by atoms with Crippen LogP contribution in [0.5, 0.6) is 0 Å². The van der Waals surface area contributed by atoms with Crippen molar-refractivity contribution in [3.63, 3.8) is 0 Å². The standard InChI is InChI=1S/C20H24N4O5/c1-5-13(6-2)24-17-15(9-12(10-21-17)19(26)27)23(20(24)28)11-14-7-8-16(29-14)18(25)22(3)4/h7-10,13H,5-6,11H2,1-4H3,(H,26,27). The molecule has 154 valence electrons. The van der Waals surface area contributed by atoms with Crippen LogP contribution in [0.15, 0.2) is 33.6 Å². The van der Waals surface area contributed by atoms with Crippen molar-refractivity contribution in [3.05, 3.63) is 52.0 Å². The van der Waals surface area contributed by atoms with Crippen molar-refractivity contribution in [2.24, 2.45) is 0 Å². The molecule has 0 saturated heterocycles. The van der Waals surface area contributed by atoms with E-state index < -0.39 is 5.97 Å². The number of aromatic carboxylic acids is 1.